The summed E-state index contributed by atoms with van der Waals surface area (Å²) >= 11 is 0. The molecule has 2 aliphatic rings. The van der Waals surface area contributed by atoms with E-state index in [2.05, 4.69) is 0 Å². The first kappa shape index (κ1) is 16.6. The Morgan fingerprint density at radius 3 is 1.91 bits per heavy atom. The van der Waals surface area contributed by atoms with Crippen LogP contribution in [0.1, 0.15) is 69.8 Å². The van der Waals surface area contributed by atoms with Crippen LogP contribution in [-0.2, 0) is 5.60 Å². The highest BCUT2D eigenvalue weighted by Crippen LogP contribution is 2.52. The molecule has 2 fully saturated rings. The molecule has 0 aromatic heterocycles. The van der Waals surface area contributed by atoms with E-state index in [1.165, 1.54) is 38.5 Å². The molecule has 1 aromatic carbocycles. The molecule has 0 unspecified atom stereocenters. The molecule has 3 heteroatoms. The van der Waals surface area contributed by atoms with Gasteiger partial charge in [-0.1, -0.05) is 50.7 Å². The molecule has 0 radical (unpaired) electrons. The van der Waals surface area contributed by atoms with Crippen molar-refractivity contribution in [3.05, 3.63) is 23.8 Å². The molecule has 2 aliphatic carbocycles. The van der Waals surface area contributed by atoms with Gasteiger partial charge >= 0.3 is 0 Å². The molecule has 0 saturated heterocycles. The standard InChI is InChI=1S/C20H30O3/c1-23-18-14-8-13-17(19(18)21)20(22,15-9-4-2-5-10-15)16-11-6-3-7-12-16/h8,13-16,21-22H,2-7,9-12H2,1H3. The Morgan fingerprint density at radius 1 is 0.913 bits per heavy atom. The van der Waals surface area contributed by atoms with E-state index in [1.807, 2.05) is 12.1 Å². The lowest BCUT2D eigenvalue weighted by molar-refractivity contribution is -0.100. The molecule has 0 heterocycles. The highest BCUT2D eigenvalue weighted by atomic mass is 16.5. The Bertz CT molecular complexity index is 496. The Kier molecular flexibility index (Phi) is 5.15. The second kappa shape index (κ2) is 7.12. The normalized spacial score (nSPS) is 21.3. The van der Waals surface area contributed by atoms with E-state index in [0.29, 0.717) is 11.3 Å². The van der Waals surface area contributed by atoms with Crippen LogP contribution in [0.15, 0.2) is 18.2 Å². The summed E-state index contributed by atoms with van der Waals surface area (Å²) < 4.78 is 5.29. The van der Waals surface area contributed by atoms with Crippen LogP contribution in [0.25, 0.3) is 0 Å². The second-order valence-corrected chi connectivity index (χ2v) is 7.35. The molecule has 2 saturated carbocycles. The minimum Gasteiger partial charge on any atom is -0.504 e. The van der Waals surface area contributed by atoms with Crippen LogP contribution in [-0.4, -0.2) is 17.3 Å². The topological polar surface area (TPSA) is 49.7 Å². The number of hydrogen-bond acceptors (Lipinski definition) is 3. The van der Waals surface area contributed by atoms with Crippen molar-refractivity contribution in [3.63, 3.8) is 0 Å². The van der Waals surface area contributed by atoms with E-state index in [9.17, 15) is 10.2 Å². The van der Waals surface area contributed by atoms with Gasteiger partial charge in [0.05, 0.1) is 12.7 Å². The van der Waals surface area contributed by atoms with Gasteiger partial charge < -0.3 is 14.9 Å². The maximum Gasteiger partial charge on any atom is 0.163 e. The van der Waals surface area contributed by atoms with E-state index in [1.54, 1.807) is 13.2 Å². The average molecular weight is 318 g/mol. The van der Waals surface area contributed by atoms with Crippen LogP contribution >= 0.6 is 0 Å². The van der Waals surface area contributed by atoms with Crippen molar-refractivity contribution in [2.45, 2.75) is 69.8 Å². The molecule has 3 rings (SSSR count). The summed E-state index contributed by atoms with van der Waals surface area (Å²) in [5.74, 6) is 1.09. The number of ether oxygens (including phenoxy) is 1. The van der Waals surface area contributed by atoms with Crippen LogP contribution in [0.2, 0.25) is 0 Å². The SMILES string of the molecule is COc1cccc(C(O)(C2CCCCC2)C2CCCCC2)c1O. The summed E-state index contributed by atoms with van der Waals surface area (Å²) in [7, 11) is 1.57. The minimum absolute atomic E-state index is 0.133. The van der Waals surface area contributed by atoms with Gasteiger partial charge in [-0.05, 0) is 43.6 Å². The monoisotopic (exact) mass is 318 g/mol. The molecule has 1 aromatic rings. The summed E-state index contributed by atoms with van der Waals surface area (Å²) in [6, 6.07) is 5.56. The van der Waals surface area contributed by atoms with E-state index in [-0.39, 0.29) is 17.6 Å². The van der Waals surface area contributed by atoms with Gasteiger partial charge in [0.15, 0.2) is 11.5 Å². The Balaban J connectivity index is 2.03. The number of phenols is 1. The molecule has 23 heavy (non-hydrogen) atoms. The number of aromatic hydroxyl groups is 1. The lowest BCUT2D eigenvalue weighted by Gasteiger charge is -2.46. The number of para-hydroxylation sites is 1. The van der Waals surface area contributed by atoms with Gasteiger partial charge in [0.1, 0.15) is 0 Å². The molecule has 0 spiro atoms. The zero-order valence-electron chi connectivity index (χ0n) is 14.3. The fourth-order valence-corrected chi connectivity index (χ4v) is 4.87. The maximum absolute atomic E-state index is 11.9. The number of rotatable bonds is 4. The summed E-state index contributed by atoms with van der Waals surface area (Å²) in [5, 5.41) is 22.6. The van der Waals surface area contributed by atoms with Crippen molar-refractivity contribution in [2.75, 3.05) is 7.11 Å². The summed E-state index contributed by atoms with van der Waals surface area (Å²) in [4.78, 5) is 0. The lowest BCUT2D eigenvalue weighted by atomic mass is 9.63. The van der Waals surface area contributed by atoms with Crippen LogP contribution < -0.4 is 4.74 Å². The number of aliphatic hydroxyl groups is 1. The van der Waals surface area contributed by atoms with Gasteiger partial charge in [-0.3, -0.25) is 0 Å². The van der Waals surface area contributed by atoms with Crippen molar-refractivity contribution in [1.29, 1.82) is 0 Å². The van der Waals surface area contributed by atoms with Crippen LogP contribution in [0, 0.1) is 11.8 Å². The Hall–Kier alpha value is -1.22. The quantitative estimate of drug-likeness (QED) is 0.842. The van der Waals surface area contributed by atoms with Crippen LogP contribution in [0.5, 0.6) is 11.5 Å². The number of methoxy groups -OCH3 is 1. The molecule has 0 amide bonds. The number of benzene rings is 1. The van der Waals surface area contributed by atoms with E-state index in [0.717, 1.165) is 25.7 Å². The second-order valence-electron chi connectivity index (χ2n) is 7.35. The Morgan fingerprint density at radius 2 is 1.43 bits per heavy atom. The molecule has 3 nitrogen and oxygen atoms in total. The van der Waals surface area contributed by atoms with Gasteiger partial charge in [0.2, 0.25) is 0 Å². The van der Waals surface area contributed by atoms with Crippen molar-refractivity contribution >= 4 is 0 Å². The molecule has 0 bridgehead atoms. The van der Waals surface area contributed by atoms with Gasteiger partial charge in [0.25, 0.3) is 0 Å². The summed E-state index contributed by atoms with van der Waals surface area (Å²) in [6.07, 6.45) is 11.5. The largest absolute Gasteiger partial charge is 0.504 e. The zero-order chi connectivity index (χ0) is 16.3. The van der Waals surface area contributed by atoms with Crippen LogP contribution in [0.3, 0.4) is 0 Å². The van der Waals surface area contributed by atoms with Crippen molar-refractivity contribution in [2.24, 2.45) is 11.8 Å². The molecular weight excluding hydrogens is 288 g/mol. The molecule has 128 valence electrons. The molecule has 0 aliphatic heterocycles. The average Bonchev–Trinajstić information content (AvgIpc) is 2.63. The van der Waals surface area contributed by atoms with E-state index < -0.39 is 5.60 Å². The first-order chi connectivity index (χ1) is 11.2. The van der Waals surface area contributed by atoms with Crippen LogP contribution in [0.4, 0.5) is 0 Å². The van der Waals surface area contributed by atoms with E-state index in [4.69, 9.17) is 4.74 Å². The molecular formula is C20H30O3. The fourth-order valence-electron chi connectivity index (χ4n) is 4.87. The van der Waals surface area contributed by atoms with Gasteiger partial charge in [-0.25, -0.2) is 0 Å². The van der Waals surface area contributed by atoms with Gasteiger partial charge in [0, 0.05) is 5.56 Å². The lowest BCUT2D eigenvalue weighted by Crippen LogP contribution is -2.44. The van der Waals surface area contributed by atoms with Crippen molar-refractivity contribution in [3.8, 4) is 11.5 Å². The van der Waals surface area contributed by atoms with Crippen molar-refractivity contribution in [1.82, 2.24) is 0 Å². The smallest absolute Gasteiger partial charge is 0.163 e. The number of hydrogen-bond donors (Lipinski definition) is 2. The third-order valence-corrected chi connectivity index (χ3v) is 6.11. The minimum atomic E-state index is -0.917. The zero-order valence-corrected chi connectivity index (χ0v) is 14.3. The fraction of sp³-hybridized carbons (Fsp3) is 0.700. The third-order valence-electron chi connectivity index (χ3n) is 6.11. The number of phenolic OH excluding ortho intramolecular Hbond substituents is 1. The first-order valence-electron chi connectivity index (χ1n) is 9.26. The predicted molar refractivity (Wildman–Crippen MR) is 91.7 cm³/mol. The first-order valence-corrected chi connectivity index (χ1v) is 9.26. The van der Waals surface area contributed by atoms with E-state index >= 15 is 0 Å². The predicted octanol–water partition coefficient (Wildman–Crippen LogP) is 4.75. The van der Waals surface area contributed by atoms with Gasteiger partial charge in [-0.15, -0.1) is 0 Å². The highest BCUT2D eigenvalue weighted by Gasteiger charge is 2.47. The Labute approximate surface area is 139 Å². The summed E-state index contributed by atoms with van der Waals surface area (Å²) in [5.41, 5.74) is -0.227. The molecule has 2 N–H and O–H groups in total. The third kappa shape index (κ3) is 3.08. The maximum atomic E-state index is 11.9. The summed E-state index contributed by atoms with van der Waals surface area (Å²) in [6.45, 7) is 0. The van der Waals surface area contributed by atoms with Crippen molar-refractivity contribution < 1.29 is 14.9 Å². The highest BCUT2D eigenvalue weighted by molar-refractivity contribution is 5.48. The van der Waals surface area contributed by atoms with Gasteiger partial charge in [-0.2, -0.15) is 0 Å². The molecule has 0 atom stereocenters.